The highest BCUT2D eigenvalue weighted by Gasteiger charge is 2.19. The first-order valence-electron chi connectivity index (χ1n) is 5.33. The van der Waals surface area contributed by atoms with Crippen molar-refractivity contribution in [3.8, 4) is 0 Å². The number of rotatable bonds is 5. The van der Waals surface area contributed by atoms with E-state index < -0.39 is 12.0 Å². The van der Waals surface area contributed by atoms with Crippen LogP contribution in [0.4, 0.5) is 0 Å². The van der Waals surface area contributed by atoms with Gasteiger partial charge in [0.15, 0.2) is 6.10 Å². The van der Waals surface area contributed by atoms with Crippen LogP contribution in [0.5, 0.6) is 0 Å². The lowest BCUT2D eigenvalue weighted by atomic mass is 10.1. The molecule has 1 rings (SSSR count). The Balaban J connectivity index is 2.61. The quantitative estimate of drug-likeness (QED) is 0.685. The Hall–Kier alpha value is -1.39. The SMILES string of the molecule is CC[C@H](CO)NC(=O)[C@@H](O)c1ccccc1. The van der Waals surface area contributed by atoms with Gasteiger partial charge in [-0.3, -0.25) is 4.79 Å². The van der Waals surface area contributed by atoms with Gasteiger partial charge in [-0.1, -0.05) is 37.3 Å². The molecule has 0 aliphatic rings. The average Bonchev–Trinajstić information content (AvgIpc) is 2.35. The van der Waals surface area contributed by atoms with E-state index in [0.29, 0.717) is 12.0 Å². The molecule has 0 saturated heterocycles. The van der Waals surface area contributed by atoms with Crippen molar-refractivity contribution in [2.24, 2.45) is 0 Å². The van der Waals surface area contributed by atoms with Gasteiger partial charge >= 0.3 is 0 Å². The topological polar surface area (TPSA) is 69.6 Å². The monoisotopic (exact) mass is 223 g/mol. The van der Waals surface area contributed by atoms with Crippen LogP contribution in [-0.2, 0) is 4.79 Å². The van der Waals surface area contributed by atoms with E-state index in [4.69, 9.17) is 5.11 Å². The first-order valence-corrected chi connectivity index (χ1v) is 5.33. The third kappa shape index (κ3) is 3.32. The molecular formula is C12H17NO3. The number of carbonyl (C=O) groups is 1. The predicted octanol–water partition coefficient (Wildman–Crippen LogP) is 0.607. The second-order valence-corrected chi connectivity index (χ2v) is 3.61. The number of nitrogens with one attached hydrogen (secondary N) is 1. The van der Waals surface area contributed by atoms with Crippen molar-refractivity contribution < 1.29 is 15.0 Å². The molecule has 0 fully saturated rings. The van der Waals surface area contributed by atoms with E-state index in [2.05, 4.69) is 5.32 Å². The molecule has 0 spiro atoms. The second kappa shape index (κ2) is 6.25. The molecule has 1 aromatic carbocycles. The van der Waals surface area contributed by atoms with Crippen molar-refractivity contribution in [3.05, 3.63) is 35.9 Å². The van der Waals surface area contributed by atoms with Crippen molar-refractivity contribution in [2.45, 2.75) is 25.5 Å². The number of amides is 1. The minimum atomic E-state index is -1.18. The van der Waals surface area contributed by atoms with Gasteiger partial charge in [0.1, 0.15) is 0 Å². The van der Waals surface area contributed by atoms with Crippen LogP contribution in [0.25, 0.3) is 0 Å². The molecule has 4 heteroatoms. The number of carbonyl (C=O) groups excluding carboxylic acids is 1. The van der Waals surface area contributed by atoms with Gasteiger partial charge < -0.3 is 15.5 Å². The van der Waals surface area contributed by atoms with Gasteiger partial charge in [0.05, 0.1) is 12.6 Å². The molecule has 2 atom stereocenters. The van der Waals surface area contributed by atoms with Gasteiger partial charge in [0, 0.05) is 0 Å². The standard InChI is InChI=1S/C12H17NO3/c1-2-10(8-14)13-12(16)11(15)9-6-4-3-5-7-9/h3-7,10-11,14-15H,2,8H2,1H3,(H,13,16)/t10-,11+/m1/s1. The summed E-state index contributed by atoms with van der Waals surface area (Å²) in [5.74, 6) is -0.480. The lowest BCUT2D eigenvalue weighted by molar-refractivity contribution is -0.130. The summed E-state index contributed by atoms with van der Waals surface area (Å²) in [6.45, 7) is 1.74. The molecule has 0 aliphatic heterocycles. The molecule has 1 amide bonds. The normalized spacial score (nSPS) is 14.2. The molecule has 0 aromatic heterocycles. The number of benzene rings is 1. The summed E-state index contributed by atoms with van der Waals surface area (Å²) >= 11 is 0. The Kier molecular flexibility index (Phi) is 4.95. The molecular weight excluding hydrogens is 206 g/mol. The van der Waals surface area contributed by atoms with Crippen molar-refractivity contribution in [2.75, 3.05) is 6.61 Å². The van der Waals surface area contributed by atoms with Crippen molar-refractivity contribution in [1.29, 1.82) is 0 Å². The highest BCUT2D eigenvalue weighted by atomic mass is 16.3. The van der Waals surface area contributed by atoms with Gasteiger partial charge in [-0.25, -0.2) is 0 Å². The second-order valence-electron chi connectivity index (χ2n) is 3.61. The maximum atomic E-state index is 11.6. The van der Waals surface area contributed by atoms with Crippen LogP contribution >= 0.6 is 0 Å². The number of aliphatic hydroxyl groups is 2. The zero-order chi connectivity index (χ0) is 12.0. The molecule has 0 aliphatic carbocycles. The van der Waals surface area contributed by atoms with Crippen molar-refractivity contribution in [3.63, 3.8) is 0 Å². The number of hydrogen-bond donors (Lipinski definition) is 3. The average molecular weight is 223 g/mol. The molecule has 16 heavy (non-hydrogen) atoms. The Labute approximate surface area is 94.9 Å². The van der Waals surface area contributed by atoms with Crippen LogP contribution in [-0.4, -0.2) is 28.8 Å². The fraction of sp³-hybridized carbons (Fsp3) is 0.417. The molecule has 0 bridgehead atoms. The van der Waals surface area contributed by atoms with E-state index in [1.807, 2.05) is 13.0 Å². The Bertz CT molecular complexity index is 322. The Morgan fingerprint density at radius 3 is 2.50 bits per heavy atom. The van der Waals surface area contributed by atoms with E-state index in [-0.39, 0.29) is 12.6 Å². The minimum absolute atomic E-state index is 0.121. The Morgan fingerprint density at radius 1 is 1.38 bits per heavy atom. The van der Waals surface area contributed by atoms with Crippen LogP contribution in [0.3, 0.4) is 0 Å². The summed E-state index contributed by atoms with van der Waals surface area (Å²) < 4.78 is 0. The van der Waals surface area contributed by atoms with E-state index in [1.165, 1.54) is 0 Å². The van der Waals surface area contributed by atoms with E-state index in [0.717, 1.165) is 0 Å². The fourth-order valence-corrected chi connectivity index (χ4v) is 1.34. The predicted molar refractivity (Wildman–Crippen MR) is 60.7 cm³/mol. The maximum absolute atomic E-state index is 11.6. The van der Waals surface area contributed by atoms with E-state index in [1.54, 1.807) is 24.3 Å². The number of aliphatic hydroxyl groups excluding tert-OH is 2. The zero-order valence-electron chi connectivity index (χ0n) is 9.26. The summed E-state index contributed by atoms with van der Waals surface area (Å²) in [6.07, 6.45) is -0.550. The molecule has 0 radical (unpaired) electrons. The molecule has 0 heterocycles. The number of hydrogen-bond acceptors (Lipinski definition) is 3. The van der Waals surface area contributed by atoms with Crippen LogP contribution in [0.1, 0.15) is 25.0 Å². The lowest BCUT2D eigenvalue weighted by Crippen LogP contribution is -2.39. The summed E-state index contributed by atoms with van der Waals surface area (Å²) in [7, 11) is 0. The summed E-state index contributed by atoms with van der Waals surface area (Å²) in [5.41, 5.74) is 0.549. The highest BCUT2D eigenvalue weighted by molar-refractivity contribution is 5.82. The molecule has 4 nitrogen and oxygen atoms in total. The first kappa shape index (κ1) is 12.7. The minimum Gasteiger partial charge on any atom is -0.394 e. The first-order chi connectivity index (χ1) is 7.69. The van der Waals surface area contributed by atoms with Crippen molar-refractivity contribution >= 4 is 5.91 Å². The zero-order valence-corrected chi connectivity index (χ0v) is 9.26. The van der Waals surface area contributed by atoms with Crippen molar-refractivity contribution in [1.82, 2.24) is 5.32 Å². The largest absolute Gasteiger partial charge is 0.394 e. The third-order valence-electron chi connectivity index (χ3n) is 2.42. The smallest absolute Gasteiger partial charge is 0.253 e. The molecule has 1 aromatic rings. The Morgan fingerprint density at radius 2 is 2.00 bits per heavy atom. The van der Waals surface area contributed by atoms with E-state index in [9.17, 15) is 9.90 Å². The van der Waals surface area contributed by atoms with Crippen LogP contribution < -0.4 is 5.32 Å². The highest BCUT2D eigenvalue weighted by Crippen LogP contribution is 2.12. The third-order valence-corrected chi connectivity index (χ3v) is 2.42. The van der Waals surface area contributed by atoms with Gasteiger partial charge in [-0.2, -0.15) is 0 Å². The molecule has 0 unspecified atom stereocenters. The van der Waals surface area contributed by atoms with Crippen LogP contribution in [0.15, 0.2) is 30.3 Å². The summed E-state index contributed by atoms with van der Waals surface area (Å²) in [5, 5.41) is 21.2. The lowest BCUT2D eigenvalue weighted by Gasteiger charge is -2.17. The van der Waals surface area contributed by atoms with Gasteiger partial charge in [0.2, 0.25) is 0 Å². The van der Waals surface area contributed by atoms with Gasteiger partial charge in [-0.05, 0) is 12.0 Å². The van der Waals surface area contributed by atoms with Crippen LogP contribution in [0, 0.1) is 0 Å². The van der Waals surface area contributed by atoms with E-state index >= 15 is 0 Å². The maximum Gasteiger partial charge on any atom is 0.253 e. The molecule has 0 saturated carbocycles. The summed E-state index contributed by atoms with van der Waals surface area (Å²) in [6, 6.07) is 8.40. The summed E-state index contributed by atoms with van der Waals surface area (Å²) in [4.78, 5) is 11.6. The van der Waals surface area contributed by atoms with Gasteiger partial charge in [0.25, 0.3) is 5.91 Å². The van der Waals surface area contributed by atoms with Gasteiger partial charge in [-0.15, -0.1) is 0 Å². The molecule has 88 valence electrons. The van der Waals surface area contributed by atoms with Crippen LogP contribution in [0.2, 0.25) is 0 Å². The molecule has 3 N–H and O–H groups in total. The fourth-order valence-electron chi connectivity index (χ4n) is 1.34.